The molecule has 3 heteroatoms. The number of rotatable bonds is 3. The van der Waals surface area contributed by atoms with Crippen LogP contribution < -0.4 is 5.73 Å². The van der Waals surface area contributed by atoms with Crippen molar-refractivity contribution < 1.29 is 4.79 Å². The van der Waals surface area contributed by atoms with E-state index in [1.165, 1.54) is 6.42 Å². The number of nitrogens with zero attached hydrogens (tertiary/aromatic N) is 1. The SMILES string of the molecule is CCC(C)C(N)C(=O)N1CCCCC1C. The lowest BCUT2D eigenvalue weighted by atomic mass is 9.96. The van der Waals surface area contributed by atoms with E-state index in [0.717, 1.165) is 25.8 Å². The van der Waals surface area contributed by atoms with Crippen LogP contribution in [0.2, 0.25) is 0 Å². The summed E-state index contributed by atoms with van der Waals surface area (Å²) < 4.78 is 0. The zero-order valence-electron chi connectivity index (χ0n) is 10.2. The van der Waals surface area contributed by atoms with Gasteiger partial charge in [0.15, 0.2) is 0 Å². The predicted octanol–water partition coefficient (Wildman–Crippen LogP) is 1.76. The first kappa shape index (κ1) is 12.5. The molecule has 0 aromatic heterocycles. The number of amides is 1. The third-order valence-corrected chi connectivity index (χ3v) is 3.63. The van der Waals surface area contributed by atoms with Crippen molar-refractivity contribution in [2.45, 2.75) is 58.5 Å². The summed E-state index contributed by atoms with van der Waals surface area (Å²) in [6.07, 6.45) is 4.46. The molecule has 1 heterocycles. The fourth-order valence-electron chi connectivity index (χ4n) is 2.11. The number of carbonyl (C=O) groups excluding carboxylic acids is 1. The summed E-state index contributed by atoms with van der Waals surface area (Å²) in [7, 11) is 0. The number of nitrogens with two attached hydrogens (primary N) is 1. The Balaban J connectivity index is 2.57. The smallest absolute Gasteiger partial charge is 0.239 e. The van der Waals surface area contributed by atoms with E-state index in [2.05, 4.69) is 20.8 Å². The van der Waals surface area contributed by atoms with Crippen LogP contribution in [-0.4, -0.2) is 29.4 Å². The zero-order chi connectivity index (χ0) is 11.4. The highest BCUT2D eigenvalue weighted by atomic mass is 16.2. The van der Waals surface area contributed by atoms with Gasteiger partial charge in [0.05, 0.1) is 6.04 Å². The first-order valence-electron chi connectivity index (χ1n) is 6.14. The maximum absolute atomic E-state index is 12.1. The molecule has 0 bridgehead atoms. The summed E-state index contributed by atoms with van der Waals surface area (Å²) in [6, 6.07) is 0.0666. The summed E-state index contributed by atoms with van der Waals surface area (Å²) in [5.74, 6) is 0.433. The second-order valence-corrected chi connectivity index (χ2v) is 4.79. The monoisotopic (exact) mass is 212 g/mol. The first-order chi connectivity index (χ1) is 7.07. The highest BCUT2D eigenvalue weighted by Crippen LogP contribution is 2.19. The van der Waals surface area contributed by atoms with Gasteiger partial charge in [-0.25, -0.2) is 0 Å². The van der Waals surface area contributed by atoms with Crippen LogP contribution >= 0.6 is 0 Å². The van der Waals surface area contributed by atoms with Gasteiger partial charge in [-0.3, -0.25) is 4.79 Å². The number of carbonyl (C=O) groups is 1. The molecule has 3 atom stereocenters. The molecule has 0 aromatic rings. The van der Waals surface area contributed by atoms with Crippen LogP contribution in [0.3, 0.4) is 0 Å². The number of likely N-dealkylation sites (tertiary alicyclic amines) is 1. The fraction of sp³-hybridized carbons (Fsp3) is 0.917. The Bertz CT molecular complexity index is 218. The van der Waals surface area contributed by atoms with E-state index in [9.17, 15) is 4.79 Å². The van der Waals surface area contributed by atoms with Gasteiger partial charge < -0.3 is 10.6 Å². The Morgan fingerprint density at radius 2 is 2.20 bits per heavy atom. The normalized spacial score (nSPS) is 26.1. The molecule has 1 fully saturated rings. The molecular formula is C12H24N2O. The molecule has 0 saturated carbocycles. The minimum absolute atomic E-state index is 0.150. The summed E-state index contributed by atoms with van der Waals surface area (Å²) in [5.41, 5.74) is 5.97. The van der Waals surface area contributed by atoms with Crippen molar-refractivity contribution in [3.8, 4) is 0 Å². The maximum atomic E-state index is 12.1. The van der Waals surface area contributed by atoms with Crippen LogP contribution in [0.25, 0.3) is 0 Å². The molecule has 0 radical (unpaired) electrons. The van der Waals surface area contributed by atoms with E-state index < -0.39 is 0 Å². The van der Waals surface area contributed by atoms with E-state index in [1.807, 2.05) is 4.90 Å². The zero-order valence-corrected chi connectivity index (χ0v) is 10.2. The lowest BCUT2D eigenvalue weighted by Crippen LogP contribution is -2.51. The minimum atomic E-state index is -0.310. The Morgan fingerprint density at radius 1 is 1.53 bits per heavy atom. The molecule has 0 aromatic carbocycles. The molecular weight excluding hydrogens is 188 g/mol. The van der Waals surface area contributed by atoms with E-state index in [1.54, 1.807) is 0 Å². The van der Waals surface area contributed by atoms with E-state index >= 15 is 0 Å². The largest absolute Gasteiger partial charge is 0.339 e. The Labute approximate surface area is 93.0 Å². The van der Waals surface area contributed by atoms with Crippen LogP contribution in [0.1, 0.15) is 46.5 Å². The Hall–Kier alpha value is -0.570. The van der Waals surface area contributed by atoms with Crippen molar-refractivity contribution in [1.82, 2.24) is 4.90 Å². The molecule has 0 aliphatic carbocycles. The van der Waals surface area contributed by atoms with Crippen molar-refractivity contribution >= 4 is 5.91 Å². The molecule has 1 aliphatic rings. The highest BCUT2D eigenvalue weighted by Gasteiger charge is 2.29. The van der Waals surface area contributed by atoms with Gasteiger partial charge in [0, 0.05) is 12.6 Å². The third-order valence-electron chi connectivity index (χ3n) is 3.63. The molecule has 3 unspecified atom stereocenters. The van der Waals surface area contributed by atoms with Gasteiger partial charge in [0.25, 0.3) is 0 Å². The molecule has 1 rings (SSSR count). The lowest BCUT2D eigenvalue weighted by molar-refractivity contribution is -0.137. The van der Waals surface area contributed by atoms with Crippen LogP contribution in [0, 0.1) is 5.92 Å². The second-order valence-electron chi connectivity index (χ2n) is 4.79. The van der Waals surface area contributed by atoms with Gasteiger partial charge in [-0.05, 0) is 32.1 Å². The van der Waals surface area contributed by atoms with Gasteiger partial charge in [-0.2, -0.15) is 0 Å². The maximum Gasteiger partial charge on any atom is 0.239 e. The van der Waals surface area contributed by atoms with Crippen LogP contribution in [0.15, 0.2) is 0 Å². The summed E-state index contributed by atoms with van der Waals surface area (Å²) in [6.45, 7) is 7.15. The van der Waals surface area contributed by atoms with Crippen molar-refractivity contribution in [1.29, 1.82) is 0 Å². The highest BCUT2D eigenvalue weighted by molar-refractivity contribution is 5.82. The van der Waals surface area contributed by atoms with E-state index in [4.69, 9.17) is 5.73 Å². The van der Waals surface area contributed by atoms with Gasteiger partial charge >= 0.3 is 0 Å². The molecule has 15 heavy (non-hydrogen) atoms. The van der Waals surface area contributed by atoms with Crippen molar-refractivity contribution in [2.24, 2.45) is 11.7 Å². The van der Waals surface area contributed by atoms with Crippen LogP contribution in [0.4, 0.5) is 0 Å². The average Bonchev–Trinajstić information content (AvgIpc) is 2.26. The fourth-order valence-corrected chi connectivity index (χ4v) is 2.11. The van der Waals surface area contributed by atoms with Crippen LogP contribution in [-0.2, 0) is 4.79 Å². The molecule has 3 nitrogen and oxygen atoms in total. The van der Waals surface area contributed by atoms with Crippen molar-refractivity contribution in [3.05, 3.63) is 0 Å². The van der Waals surface area contributed by atoms with Gasteiger partial charge in [-0.15, -0.1) is 0 Å². The molecule has 1 aliphatic heterocycles. The molecule has 1 amide bonds. The Morgan fingerprint density at radius 3 is 2.73 bits per heavy atom. The van der Waals surface area contributed by atoms with Crippen molar-refractivity contribution in [3.63, 3.8) is 0 Å². The summed E-state index contributed by atoms with van der Waals surface area (Å²) in [5, 5.41) is 0. The second kappa shape index (κ2) is 5.50. The Kier molecular flexibility index (Phi) is 4.58. The first-order valence-corrected chi connectivity index (χ1v) is 6.14. The van der Waals surface area contributed by atoms with Crippen LogP contribution in [0.5, 0.6) is 0 Å². The predicted molar refractivity (Wildman–Crippen MR) is 62.5 cm³/mol. The van der Waals surface area contributed by atoms with E-state index in [0.29, 0.717) is 6.04 Å². The summed E-state index contributed by atoms with van der Waals surface area (Å²) >= 11 is 0. The average molecular weight is 212 g/mol. The molecule has 0 spiro atoms. The van der Waals surface area contributed by atoms with Gasteiger partial charge in [-0.1, -0.05) is 20.3 Å². The van der Waals surface area contributed by atoms with Gasteiger partial charge in [0.2, 0.25) is 5.91 Å². The quantitative estimate of drug-likeness (QED) is 0.775. The van der Waals surface area contributed by atoms with Gasteiger partial charge in [0.1, 0.15) is 0 Å². The van der Waals surface area contributed by atoms with E-state index in [-0.39, 0.29) is 17.9 Å². The molecule has 2 N–H and O–H groups in total. The number of hydrogen-bond donors (Lipinski definition) is 1. The standard InChI is InChI=1S/C12H24N2O/c1-4-9(2)11(13)12(15)14-8-6-5-7-10(14)3/h9-11H,4-8,13H2,1-3H3. The number of hydrogen-bond acceptors (Lipinski definition) is 2. The molecule has 88 valence electrons. The van der Waals surface area contributed by atoms with Crippen molar-refractivity contribution in [2.75, 3.05) is 6.54 Å². The topological polar surface area (TPSA) is 46.3 Å². The number of piperidine rings is 1. The third kappa shape index (κ3) is 2.94. The molecule has 1 saturated heterocycles. The lowest BCUT2D eigenvalue weighted by Gasteiger charge is -2.36. The summed E-state index contributed by atoms with van der Waals surface area (Å²) in [4.78, 5) is 14.1. The minimum Gasteiger partial charge on any atom is -0.339 e.